The van der Waals surface area contributed by atoms with Crippen LogP contribution in [0.5, 0.6) is 0 Å². The van der Waals surface area contributed by atoms with E-state index in [9.17, 15) is 0 Å². The molecule has 94 valence electrons. The molecule has 0 spiro atoms. The van der Waals surface area contributed by atoms with E-state index in [0.717, 1.165) is 36.4 Å². The van der Waals surface area contributed by atoms with E-state index in [-0.39, 0.29) is 0 Å². The number of furan rings is 1. The Morgan fingerprint density at radius 1 is 1.41 bits per heavy atom. The van der Waals surface area contributed by atoms with Gasteiger partial charge in [0.05, 0.1) is 6.54 Å². The van der Waals surface area contributed by atoms with Gasteiger partial charge >= 0.3 is 0 Å². The molecule has 1 aromatic heterocycles. The third-order valence-electron chi connectivity index (χ3n) is 4.34. The van der Waals surface area contributed by atoms with Crippen molar-refractivity contribution in [1.82, 2.24) is 10.6 Å². The molecule has 1 saturated carbocycles. The zero-order chi connectivity index (χ0) is 11.7. The first kappa shape index (κ1) is 11.3. The first-order valence-corrected chi connectivity index (χ1v) is 6.82. The molecule has 3 rings (SSSR count). The summed E-state index contributed by atoms with van der Waals surface area (Å²) in [5, 5.41) is 7.17. The maximum absolute atomic E-state index is 5.55. The van der Waals surface area contributed by atoms with Gasteiger partial charge in [0.2, 0.25) is 0 Å². The summed E-state index contributed by atoms with van der Waals surface area (Å²) in [6.07, 6.45) is 4.29. The molecule has 2 fully saturated rings. The highest BCUT2D eigenvalue weighted by molar-refractivity contribution is 5.05. The van der Waals surface area contributed by atoms with Gasteiger partial charge in [0.1, 0.15) is 11.5 Å². The summed E-state index contributed by atoms with van der Waals surface area (Å²) in [5.74, 6) is 3.91. The Hall–Kier alpha value is -0.800. The topological polar surface area (TPSA) is 37.2 Å². The van der Waals surface area contributed by atoms with Gasteiger partial charge in [0.25, 0.3) is 0 Å². The van der Waals surface area contributed by atoms with E-state index in [1.54, 1.807) is 0 Å². The van der Waals surface area contributed by atoms with E-state index >= 15 is 0 Å². The molecule has 0 aromatic carbocycles. The molecule has 2 aliphatic rings. The van der Waals surface area contributed by atoms with E-state index < -0.39 is 0 Å². The van der Waals surface area contributed by atoms with Gasteiger partial charge in [0.15, 0.2) is 0 Å². The van der Waals surface area contributed by atoms with Crippen LogP contribution in [-0.4, -0.2) is 19.1 Å². The Kier molecular flexibility index (Phi) is 3.21. The Morgan fingerprint density at radius 3 is 3.18 bits per heavy atom. The third-order valence-corrected chi connectivity index (χ3v) is 4.34. The molecule has 0 amide bonds. The van der Waals surface area contributed by atoms with E-state index in [0.29, 0.717) is 6.04 Å². The third kappa shape index (κ3) is 2.40. The van der Waals surface area contributed by atoms with Gasteiger partial charge in [-0.2, -0.15) is 0 Å². The normalized spacial score (nSPS) is 31.9. The number of aryl methyl sites for hydroxylation is 1. The van der Waals surface area contributed by atoms with E-state index in [2.05, 4.69) is 16.7 Å². The lowest BCUT2D eigenvalue weighted by atomic mass is 9.94. The van der Waals surface area contributed by atoms with E-state index in [1.165, 1.54) is 25.8 Å². The highest BCUT2D eigenvalue weighted by Gasteiger charge is 2.38. The van der Waals surface area contributed by atoms with Gasteiger partial charge < -0.3 is 15.1 Å². The average molecular weight is 234 g/mol. The second-order valence-corrected chi connectivity index (χ2v) is 5.51. The van der Waals surface area contributed by atoms with Gasteiger partial charge in [-0.25, -0.2) is 0 Å². The van der Waals surface area contributed by atoms with Crippen molar-refractivity contribution in [2.75, 3.05) is 13.1 Å². The van der Waals surface area contributed by atoms with Crippen LogP contribution in [-0.2, 0) is 6.54 Å². The fourth-order valence-corrected chi connectivity index (χ4v) is 3.46. The Balaban J connectivity index is 1.45. The van der Waals surface area contributed by atoms with Gasteiger partial charge in [-0.3, -0.25) is 0 Å². The maximum Gasteiger partial charge on any atom is 0.117 e. The molecular formula is C14H22N2O. The molecule has 1 aliphatic heterocycles. The zero-order valence-electron chi connectivity index (χ0n) is 10.5. The Morgan fingerprint density at radius 2 is 2.35 bits per heavy atom. The summed E-state index contributed by atoms with van der Waals surface area (Å²) >= 11 is 0. The fourth-order valence-electron chi connectivity index (χ4n) is 3.46. The zero-order valence-corrected chi connectivity index (χ0v) is 10.5. The van der Waals surface area contributed by atoms with Crippen molar-refractivity contribution in [3.05, 3.63) is 23.7 Å². The molecular weight excluding hydrogens is 212 g/mol. The van der Waals surface area contributed by atoms with Crippen LogP contribution >= 0.6 is 0 Å². The van der Waals surface area contributed by atoms with Crippen molar-refractivity contribution in [3.8, 4) is 0 Å². The first-order valence-electron chi connectivity index (χ1n) is 6.82. The minimum atomic E-state index is 0.679. The standard InChI is InChI=1S/C14H22N2O/c1-10-5-6-12(17-10)8-15-9-14-13-4-2-3-11(13)7-16-14/h5-6,11,13-16H,2-4,7-9H2,1H3. The van der Waals surface area contributed by atoms with Crippen molar-refractivity contribution in [2.24, 2.45) is 11.8 Å². The summed E-state index contributed by atoms with van der Waals surface area (Å²) in [4.78, 5) is 0. The quantitative estimate of drug-likeness (QED) is 0.837. The molecule has 1 saturated heterocycles. The SMILES string of the molecule is Cc1ccc(CNCC2NCC3CCCC32)o1. The summed E-state index contributed by atoms with van der Waals surface area (Å²) in [7, 11) is 0. The lowest BCUT2D eigenvalue weighted by Crippen LogP contribution is -2.37. The van der Waals surface area contributed by atoms with Crippen molar-refractivity contribution in [1.29, 1.82) is 0 Å². The number of hydrogen-bond donors (Lipinski definition) is 2. The molecule has 3 heteroatoms. The van der Waals surface area contributed by atoms with Crippen molar-refractivity contribution in [3.63, 3.8) is 0 Å². The van der Waals surface area contributed by atoms with Crippen LogP contribution in [0.4, 0.5) is 0 Å². The molecule has 3 unspecified atom stereocenters. The molecule has 2 N–H and O–H groups in total. The first-order chi connectivity index (χ1) is 8.33. The summed E-state index contributed by atoms with van der Waals surface area (Å²) < 4.78 is 5.55. The lowest BCUT2D eigenvalue weighted by Gasteiger charge is -2.18. The molecule has 1 aromatic rings. The minimum Gasteiger partial charge on any atom is -0.465 e. The summed E-state index contributed by atoms with van der Waals surface area (Å²) in [5.41, 5.74) is 0. The number of hydrogen-bond acceptors (Lipinski definition) is 3. The highest BCUT2D eigenvalue weighted by atomic mass is 16.3. The summed E-state index contributed by atoms with van der Waals surface area (Å²) in [6, 6.07) is 4.76. The molecule has 0 radical (unpaired) electrons. The van der Waals surface area contributed by atoms with Crippen molar-refractivity contribution < 1.29 is 4.42 Å². The molecule has 1 aliphatic carbocycles. The predicted molar refractivity (Wildman–Crippen MR) is 67.8 cm³/mol. The molecule has 17 heavy (non-hydrogen) atoms. The van der Waals surface area contributed by atoms with Crippen LogP contribution in [0.2, 0.25) is 0 Å². The van der Waals surface area contributed by atoms with Gasteiger partial charge in [-0.1, -0.05) is 6.42 Å². The summed E-state index contributed by atoms with van der Waals surface area (Å²) in [6.45, 7) is 5.15. The number of nitrogens with one attached hydrogen (secondary N) is 2. The number of fused-ring (bicyclic) bond motifs is 1. The minimum absolute atomic E-state index is 0.679. The van der Waals surface area contributed by atoms with Crippen molar-refractivity contribution >= 4 is 0 Å². The van der Waals surface area contributed by atoms with Crippen LogP contribution in [0.3, 0.4) is 0 Å². The molecule has 0 bridgehead atoms. The second kappa shape index (κ2) is 4.83. The Bertz CT molecular complexity index is 374. The van der Waals surface area contributed by atoms with Crippen molar-refractivity contribution in [2.45, 2.75) is 38.8 Å². The van der Waals surface area contributed by atoms with Gasteiger partial charge in [-0.05, 0) is 50.3 Å². The lowest BCUT2D eigenvalue weighted by molar-refractivity contribution is 0.382. The monoisotopic (exact) mass is 234 g/mol. The van der Waals surface area contributed by atoms with Gasteiger partial charge in [0, 0.05) is 12.6 Å². The van der Waals surface area contributed by atoms with Crippen LogP contribution < -0.4 is 10.6 Å². The molecule has 2 heterocycles. The molecule has 3 nitrogen and oxygen atoms in total. The highest BCUT2D eigenvalue weighted by Crippen LogP contribution is 2.37. The number of rotatable bonds is 4. The van der Waals surface area contributed by atoms with Crippen LogP contribution in [0.15, 0.2) is 16.5 Å². The van der Waals surface area contributed by atoms with Gasteiger partial charge in [-0.15, -0.1) is 0 Å². The fraction of sp³-hybridized carbons (Fsp3) is 0.714. The van der Waals surface area contributed by atoms with Crippen LogP contribution in [0.1, 0.15) is 30.8 Å². The smallest absolute Gasteiger partial charge is 0.117 e. The van der Waals surface area contributed by atoms with E-state index in [4.69, 9.17) is 4.42 Å². The maximum atomic E-state index is 5.55. The molecule has 3 atom stereocenters. The van der Waals surface area contributed by atoms with Crippen LogP contribution in [0, 0.1) is 18.8 Å². The predicted octanol–water partition coefficient (Wildman–Crippen LogP) is 2.07. The average Bonchev–Trinajstić information content (AvgIpc) is 2.97. The second-order valence-electron chi connectivity index (χ2n) is 5.51. The van der Waals surface area contributed by atoms with Crippen LogP contribution in [0.25, 0.3) is 0 Å². The largest absolute Gasteiger partial charge is 0.465 e. The Labute approximate surface area is 103 Å². The van der Waals surface area contributed by atoms with E-state index in [1.807, 2.05) is 13.0 Å².